The molecule has 33 heavy (non-hydrogen) atoms. The fourth-order valence-corrected chi connectivity index (χ4v) is 7.75. The van der Waals surface area contributed by atoms with E-state index < -0.39 is 5.97 Å². The van der Waals surface area contributed by atoms with Crippen molar-refractivity contribution in [1.29, 1.82) is 0 Å². The molecule has 2 aliphatic rings. The van der Waals surface area contributed by atoms with Crippen LogP contribution in [0.5, 0.6) is 5.75 Å². The van der Waals surface area contributed by atoms with Crippen molar-refractivity contribution in [3.8, 4) is 28.2 Å². The molecule has 1 N–H and O–H groups in total. The summed E-state index contributed by atoms with van der Waals surface area (Å²) < 4.78 is 12.9. The van der Waals surface area contributed by atoms with E-state index in [1.165, 1.54) is 13.2 Å². The summed E-state index contributed by atoms with van der Waals surface area (Å²) in [7, 11) is 1.24. The molecular weight excluding hydrogens is 946 g/mol. The van der Waals surface area contributed by atoms with E-state index in [9.17, 15) is 14.7 Å². The van der Waals surface area contributed by atoms with Gasteiger partial charge in [-0.1, -0.05) is 34.8 Å². The molecule has 5 nitrogen and oxygen atoms in total. The molecule has 0 aromatic heterocycles. The molecule has 0 amide bonds. The maximum Gasteiger partial charge on any atom is 0.340 e. The van der Waals surface area contributed by atoms with Crippen LogP contribution in [0, 0.1) is 14.3 Å². The van der Waals surface area contributed by atoms with Gasteiger partial charge in [-0.25, -0.2) is 4.79 Å². The van der Waals surface area contributed by atoms with Gasteiger partial charge in [-0.2, -0.15) is 0 Å². The molecule has 0 bridgehead atoms. The lowest BCUT2D eigenvalue weighted by molar-refractivity contribution is 0.0602. The number of methoxy groups -OCH3 is 1. The SMILES string of the molecule is COC(=O)c1c(Cl)cc(Cl)c(Cl)c1-c1c2cc(I)c(=O)c(I)c-2oc2c(I)c(O)c(I)cc12. The average Bonchev–Trinajstić information content (AvgIpc) is 2.77. The quantitative estimate of drug-likeness (QED) is 0.0946. The molecule has 0 fully saturated rings. The minimum Gasteiger partial charge on any atom is -0.506 e. The highest BCUT2D eigenvalue weighted by Crippen LogP contribution is 2.50. The third kappa shape index (κ3) is 4.34. The Morgan fingerprint density at radius 1 is 0.970 bits per heavy atom. The van der Waals surface area contributed by atoms with Gasteiger partial charge in [0.05, 0.1) is 38.5 Å². The fraction of sp³-hybridized carbons (Fsp3) is 0.0476. The molecule has 12 heteroatoms. The van der Waals surface area contributed by atoms with Crippen LogP contribution < -0.4 is 5.43 Å². The minimum absolute atomic E-state index is 0.0247. The zero-order valence-corrected chi connectivity index (χ0v) is 26.9. The van der Waals surface area contributed by atoms with Crippen molar-refractivity contribution in [2.24, 2.45) is 0 Å². The predicted molar refractivity (Wildman–Crippen MR) is 163 cm³/mol. The molecule has 0 atom stereocenters. The van der Waals surface area contributed by atoms with Crippen molar-refractivity contribution in [3.63, 3.8) is 0 Å². The van der Waals surface area contributed by atoms with E-state index in [4.69, 9.17) is 44.0 Å². The van der Waals surface area contributed by atoms with Crippen molar-refractivity contribution in [2.45, 2.75) is 0 Å². The van der Waals surface area contributed by atoms with Crippen molar-refractivity contribution >= 4 is 142 Å². The Kier molecular flexibility index (Phi) is 7.89. The summed E-state index contributed by atoms with van der Waals surface area (Å²) in [6, 6.07) is 4.75. The van der Waals surface area contributed by atoms with E-state index in [-0.39, 0.29) is 43.1 Å². The summed E-state index contributed by atoms with van der Waals surface area (Å²) in [6.07, 6.45) is 0. The second-order valence-corrected chi connectivity index (χ2v) is 12.3. The first-order valence-electron chi connectivity index (χ1n) is 8.71. The molecule has 0 spiro atoms. The van der Waals surface area contributed by atoms with Gasteiger partial charge in [-0.15, -0.1) is 0 Å². The van der Waals surface area contributed by atoms with Crippen molar-refractivity contribution in [2.75, 3.05) is 7.11 Å². The number of aromatic hydroxyl groups is 1. The fourth-order valence-electron chi connectivity index (χ4n) is 3.39. The van der Waals surface area contributed by atoms with Crippen LogP contribution >= 0.6 is 125 Å². The van der Waals surface area contributed by atoms with Gasteiger partial charge in [0, 0.05) is 22.1 Å². The molecule has 0 unspecified atom stereocenters. The molecule has 0 saturated heterocycles. The van der Waals surface area contributed by atoms with Crippen LogP contribution in [-0.4, -0.2) is 18.2 Å². The number of halogens is 7. The van der Waals surface area contributed by atoms with E-state index in [1.807, 2.05) is 90.4 Å². The summed E-state index contributed by atoms with van der Waals surface area (Å²) in [5.74, 6) is -0.391. The topological polar surface area (TPSA) is 76.7 Å². The Hall–Kier alpha value is 0.190. The van der Waals surface area contributed by atoms with Crippen LogP contribution in [0.2, 0.25) is 15.1 Å². The summed E-state index contributed by atoms with van der Waals surface area (Å²) in [5, 5.41) is 11.4. The molecule has 1 aliphatic carbocycles. The number of hydrogen-bond donors (Lipinski definition) is 1. The first-order valence-corrected chi connectivity index (χ1v) is 14.2. The van der Waals surface area contributed by atoms with Crippen LogP contribution in [0.4, 0.5) is 0 Å². The van der Waals surface area contributed by atoms with Crippen molar-refractivity contribution in [3.05, 3.63) is 63.3 Å². The minimum atomic E-state index is -0.705. The maximum absolute atomic E-state index is 12.8. The number of rotatable bonds is 2. The average molecular weight is 953 g/mol. The Bertz CT molecular complexity index is 1530. The van der Waals surface area contributed by atoms with E-state index >= 15 is 0 Å². The van der Waals surface area contributed by atoms with Gasteiger partial charge in [-0.05, 0) is 109 Å². The zero-order valence-electron chi connectivity index (χ0n) is 16.0. The van der Waals surface area contributed by atoms with Crippen LogP contribution in [0.1, 0.15) is 10.4 Å². The first-order chi connectivity index (χ1) is 15.5. The number of carbonyl (C=O) groups excluding carboxylic acids is 1. The summed E-state index contributed by atoms with van der Waals surface area (Å²) in [6.45, 7) is 0. The second kappa shape index (κ2) is 9.92. The van der Waals surface area contributed by atoms with Gasteiger partial charge in [-0.3, -0.25) is 4.79 Å². The number of benzene rings is 3. The highest BCUT2D eigenvalue weighted by atomic mass is 127. The largest absolute Gasteiger partial charge is 0.506 e. The number of phenols is 1. The molecule has 2 aromatic rings. The van der Waals surface area contributed by atoms with Crippen LogP contribution in [0.25, 0.3) is 33.4 Å². The third-order valence-corrected chi connectivity index (χ3v) is 9.52. The standard InChI is InChI=1S/C21H7Cl3I4O5/c1-32-21(31)12-7(22)4-8(23)14(24)13(12)11-5-2-9(25)17(29)15(27)19(5)33-20-6(11)3-10(26)18(30)16(20)28/h2-4,29H,1H3. The summed E-state index contributed by atoms with van der Waals surface area (Å²) in [5.41, 5.74) is 1.39. The Labute approximate surface area is 256 Å². The van der Waals surface area contributed by atoms with E-state index in [2.05, 4.69) is 0 Å². The van der Waals surface area contributed by atoms with Crippen molar-refractivity contribution in [1.82, 2.24) is 0 Å². The molecule has 170 valence electrons. The lowest BCUT2D eigenvalue weighted by atomic mass is 9.90. The van der Waals surface area contributed by atoms with E-state index in [0.29, 0.717) is 36.4 Å². The Balaban J connectivity index is 2.40. The lowest BCUT2D eigenvalue weighted by Gasteiger charge is -2.21. The first kappa shape index (κ1) is 26.3. The van der Waals surface area contributed by atoms with Gasteiger partial charge >= 0.3 is 5.97 Å². The maximum atomic E-state index is 12.8. The molecule has 0 saturated carbocycles. The van der Waals surface area contributed by atoms with E-state index in [1.54, 1.807) is 12.1 Å². The molecule has 1 heterocycles. The Morgan fingerprint density at radius 2 is 1.64 bits per heavy atom. The summed E-state index contributed by atoms with van der Waals surface area (Å²) >= 11 is 27.3. The number of fused-ring (bicyclic) bond motifs is 2. The number of esters is 1. The highest BCUT2D eigenvalue weighted by molar-refractivity contribution is 14.1. The van der Waals surface area contributed by atoms with Gasteiger partial charge in [0.15, 0.2) is 11.3 Å². The van der Waals surface area contributed by atoms with Gasteiger partial charge in [0.1, 0.15) is 9.32 Å². The van der Waals surface area contributed by atoms with Gasteiger partial charge in [0.2, 0.25) is 5.43 Å². The normalized spacial score (nSPS) is 11.4. The van der Waals surface area contributed by atoms with Gasteiger partial charge in [0.25, 0.3) is 0 Å². The van der Waals surface area contributed by atoms with Gasteiger partial charge < -0.3 is 14.3 Å². The summed E-state index contributed by atoms with van der Waals surface area (Å²) in [4.78, 5) is 25.5. The molecule has 2 aromatic carbocycles. The molecule has 0 radical (unpaired) electrons. The molecule has 1 aliphatic heterocycles. The van der Waals surface area contributed by atoms with Crippen LogP contribution in [-0.2, 0) is 4.74 Å². The Morgan fingerprint density at radius 3 is 2.27 bits per heavy atom. The predicted octanol–water partition coefficient (Wildman–Crippen LogP) is 8.44. The third-order valence-electron chi connectivity index (χ3n) is 4.83. The molecular formula is C21H7Cl3I4O5. The molecule has 4 rings (SSSR count). The number of phenolic OH excluding ortho intramolecular Hbond substituents is 1. The van der Waals surface area contributed by atoms with Crippen LogP contribution in [0.3, 0.4) is 0 Å². The van der Waals surface area contributed by atoms with Crippen molar-refractivity contribution < 1.29 is 19.1 Å². The number of hydrogen-bond acceptors (Lipinski definition) is 5. The number of ether oxygens (including phenoxy) is 1. The lowest BCUT2D eigenvalue weighted by Crippen LogP contribution is -2.13. The van der Waals surface area contributed by atoms with E-state index in [0.717, 1.165) is 0 Å². The number of carbonyl (C=O) groups is 1. The van der Waals surface area contributed by atoms with Crippen LogP contribution in [0.15, 0.2) is 27.4 Å². The monoisotopic (exact) mass is 952 g/mol. The zero-order chi connectivity index (χ0) is 24.4. The smallest absolute Gasteiger partial charge is 0.340 e. The highest BCUT2D eigenvalue weighted by Gasteiger charge is 2.31. The second-order valence-electron chi connectivity index (χ2n) is 6.65.